The van der Waals surface area contributed by atoms with Gasteiger partial charge in [-0.3, -0.25) is 9.48 Å². The van der Waals surface area contributed by atoms with Gasteiger partial charge in [-0.1, -0.05) is 0 Å². The van der Waals surface area contributed by atoms with Gasteiger partial charge in [-0.15, -0.1) is 0 Å². The first-order valence-electron chi connectivity index (χ1n) is 8.95. The van der Waals surface area contributed by atoms with Crippen molar-refractivity contribution in [1.82, 2.24) is 24.6 Å². The number of aromatic nitrogens is 4. The maximum Gasteiger partial charge on any atom is 0.257 e. The molecule has 1 aliphatic heterocycles. The van der Waals surface area contributed by atoms with Gasteiger partial charge in [0.2, 0.25) is 0 Å². The van der Waals surface area contributed by atoms with Crippen LogP contribution in [0.4, 0.5) is 5.82 Å². The molecule has 2 aromatic heterocycles. The van der Waals surface area contributed by atoms with Crippen molar-refractivity contribution in [1.29, 1.82) is 0 Å². The molecule has 1 amide bonds. The summed E-state index contributed by atoms with van der Waals surface area (Å²) < 4.78 is 1.66. The van der Waals surface area contributed by atoms with Crippen LogP contribution in [0.1, 0.15) is 47.8 Å². The van der Waals surface area contributed by atoms with Gasteiger partial charge in [-0.2, -0.15) is 5.10 Å². The van der Waals surface area contributed by atoms with Crippen LogP contribution in [0.25, 0.3) is 0 Å². The summed E-state index contributed by atoms with van der Waals surface area (Å²) in [6, 6.07) is 2.25. The van der Waals surface area contributed by atoms with Crippen LogP contribution in [-0.2, 0) is 7.05 Å². The van der Waals surface area contributed by atoms with Gasteiger partial charge < -0.3 is 9.80 Å². The van der Waals surface area contributed by atoms with E-state index >= 15 is 0 Å². The highest BCUT2D eigenvalue weighted by molar-refractivity contribution is 5.93. The lowest BCUT2D eigenvalue weighted by Crippen LogP contribution is -2.45. The molecule has 0 atom stereocenters. The first kappa shape index (κ1) is 16.1. The molecule has 132 valence electrons. The van der Waals surface area contributed by atoms with Crippen molar-refractivity contribution < 1.29 is 4.79 Å². The summed E-state index contributed by atoms with van der Waals surface area (Å²) in [5, 5.41) is 4.09. The van der Waals surface area contributed by atoms with E-state index in [9.17, 15) is 4.79 Å². The van der Waals surface area contributed by atoms with Crippen molar-refractivity contribution in [3.63, 3.8) is 0 Å². The molecular formula is C18H24N6O. The smallest absolute Gasteiger partial charge is 0.257 e. The van der Waals surface area contributed by atoms with Gasteiger partial charge in [0.25, 0.3) is 5.91 Å². The second-order valence-electron chi connectivity index (χ2n) is 7.08. The van der Waals surface area contributed by atoms with Gasteiger partial charge >= 0.3 is 0 Å². The van der Waals surface area contributed by atoms with Crippen LogP contribution >= 0.6 is 0 Å². The largest absolute Gasteiger partial charge is 0.356 e. The van der Waals surface area contributed by atoms with Gasteiger partial charge in [0.15, 0.2) is 0 Å². The summed E-state index contributed by atoms with van der Waals surface area (Å²) >= 11 is 0. The summed E-state index contributed by atoms with van der Waals surface area (Å²) in [6.07, 6.45) is 9.61. The molecule has 4 rings (SSSR count). The SMILES string of the molecule is CN(C(=O)c1cnn(C)c1)C1CCN(c2ccnc(C3CC3)n2)CC1. The highest BCUT2D eigenvalue weighted by Crippen LogP contribution is 2.38. The van der Waals surface area contributed by atoms with E-state index in [0.29, 0.717) is 11.5 Å². The molecule has 1 saturated heterocycles. The number of hydrogen-bond donors (Lipinski definition) is 0. The lowest BCUT2D eigenvalue weighted by molar-refractivity contribution is 0.0709. The van der Waals surface area contributed by atoms with E-state index in [1.807, 2.05) is 31.3 Å². The summed E-state index contributed by atoms with van der Waals surface area (Å²) in [7, 11) is 3.72. The first-order chi connectivity index (χ1) is 12.1. The molecule has 0 N–H and O–H groups in total. The summed E-state index contributed by atoms with van der Waals surface area (Å²) in [5.41, 5.74) is 0.650. The molecule has 0 radical (unpaired) electrons. The van der Waals surface area contributed by atoms with Gasteiger partial charge in [-0.05, 0) is 31.7 Å². The zero-order chi connectivity index (χ0) is 17.4. The van der Waals surface area contributed by atoms with E-state index in [-0.39, 0.29) is 11.9 Å². The van der Waals surface area contributed by atoms with Crippen molar-refractivity contribution in [2.45, 2.75) is 37.6 Å². The Balaban J connectivity index is 1.37. The number of carbonyl (C=O) groups excluding carboxylic acids is 1. The topological polar surface area (TPSA) is 67.2 Å². The Bertz CT molecular complexity index is 760. The number of rotatable bonds is 4. The third kappa shape index (κ3) is 3.36. The van der Waals surface area contributed by atoms with E-state index in [1.165, 1.54) is 12.8 Å². The van der Waals surface area contributed by atoms with Crippen molar-refractivity contribution in [2.24, 2.45) is 7.05 Å². The average Bonchev–Trinajstić information content (AvgIpc) is 3.42. The van der Waals surface area contributed by atoms with Gasteiger partial charge in [0.05, 0.1) is 11.8 Å². The maximum atomic E-state index is 12.6. The Labute approximate surface area is 147 Å². The minimum atomic E-state index is 0.0459. The van der Waals surface area contributed by atoms with Crippen LogP contribution in [-0.4, -0.2) is 56.7 Å². The second kappa shape index (κ2) is 6.46. The number of aryl methyl sites for hydroxylation is 1. The average molecular weight is 340 g/mol. The lowest BCUT2D eigenvalue weighted by Gasteiger charge is -2.37. The van der Waals surface area contributed by atoms with Crippen molar-refractivity contribution in [2.75, 3.05) is 25.0 Å². The predicted octanol–water partition coefficient (Wildman–Crippen LogP) is 1.83. The fourth-order valence-corrected chi connectivity index (χ4v) is 3.46. The fraction of sp³-hybridized carbons (Fsp3) is 0.556. The molecular weight excluding hydrogens is 316 g/mol. The maximum absolute atomic E-state index is 12.6. The van der Waals surface area contributed by atoms with Crippen molar-refractivity contribution in [3.8, 4) is 0 Å². The Morgan fingerprint density at radius 3 is 2.64 bits per heavy atom. The molecule has 0 unspecified atom stereocenters. The number of nitrogens with zero attached hydrogens (tertiary/aromatic N) is 6. The normalized spacial score (nSPS) is 18.4. The van der Waals surface area contributed by atoms with Crippen LogP contribution in [0.15, 0.2) is 24.7 Å². The molecule has 3 heterocycles. The molecule has 7 nitrogen and oxygen atoms in total. The van der Waals surface area contributed by atoms with E-state index < -0.39 is 0 Å². The molecule has 2 aliphatic rings. The molecule has 0 bridgehead atoms. The van der Waals surface area contributed by atoms with E-state index in [1.54, 1.807) is 17.1 Å². The van der Waals surface area contributed by atoms with Crippen molar-refractivity contribution in [3.05, 3.63) is 36.0 Å². The third-order valence-electron chi connectivity index (χ3n) is 5.21. The molecule has 1 aliphatic carbocycles. The quantitative estimate of drug-likeness (QED) is 0.849. The molecule has 2 fully saturated rings. The van der Waals surface area contributed by atoms with Gasteiger partial charge in [0, 0.05) is 51.5 Å². The zero-order valence-corrected chi connectivity index (χ0v) is 14.8. The molecule has 7 heteroatoms. The number of hydrogen-bond acceptors (Lipinski definition) is 5. The molecule has 0 spiro atoms. The number of amides is 1. The zero-order valence-electron chi connectivity index (χ0n) is 14.8. The summed E-state index contributed by atoms with van der Waals surface area (Å²) in [4.78, 5) is 25.9. The second-order valence-corrected chi connectivity index (χ2v) is 7.08. The molecule has 0 aromatic carbocycles. The van der Waals surface area contributed by atoms with Crippen LogP contribution in [0, 0.1) is 0 Å². The Kier molecular flexibility index (Phi) is 4.15. The minimum Gasteiger partial charge on any atom is -0.356 e. The Morgan fingerprint density at radius 1 is 1.24 bits per heavy atom. The standard InChI is InChI=1S/C18H24N6O/c1-22-12-14(11-20-22)18(25)23(2)15-6-9-24(10-7-15)16-5-8-19-17(21-16)13-3-4-13/h5,8,11-13,15H,3-4,6-7,9-10H2,1-2H3. The van der Waals surface area contributed by atoms with Gasteiger partial charge in [-0.25, -0.2) is 9.97 Å². The highest BCUT2D eigenvalue weighted by Gasteiger charge is 2.29. The van der Waals surface area contributed by atoms with Crippen molar-refractivity contribution >= 4 is 11.7 Å². The van der Waals surface area contributed by atoms with E-state index in [4.69, 9.17) is 4.98 Å². The van der Waals surface area contributed by atoms with Crippen LogP contribution in [0.2, 0.25) is 0 Å². The third-order valence-corrected chi connectivity index (χ3v) is 5.21. The predicted molar refractivity (Wildman–Crippen MR) is 94.5 cm³/mol. The molecule has 25 heavy (non-hydrogen) atoms. The lowest BCUT2D eigenvalue weighted by atomic mass is 10.0. The molecule has 2 aromatic rings. The van der Waals surface area contributed by atoms with E-state index in [0.717, 1.165) is 37.6 Å². The number of anilines is 1. The van der Waals surface area contributed by atoms with Crippen LogP contribution in [0.3, 0.4) is 0 Å². The monoisotopic (exact) mass is 340 g/mol. The number of piperidine rings is 1. The Morgan fingerprint density at radius 2 is 2.00 bits per heavy atom. The molecule has 1 saturated carbocycles. The summed E-state index contributed by atoms with van der Waals surface area (Å²) in [6.45, 7) is 1.83. The number of carbonyl (C=O) groups is 1. The first-order valence-corrected chi connectivity index (χ1v) is 8.95. The van der Waals surface area contributed by atoms with E-state index in [2.05, 4.69) is 15.0 Å². The summed E-state index contributed by atoms with van der Waals surface area (Å²) in [5.74, 6) is 2.63. The fourth-order valence-electron chi connectivity index (χ4n) is 3.46. The van der Waals surface area contributed by atoms with Gasteiger partial charge in [0.1, 0.15) is 11.6 Å². The van der Waals surface area contributed by atoms with Crippen LogP contribution < -0.4 is 4.90 Å². The Hall–Kier alpha value is -2.44. The minimum absolute atomic E-state index is 0.0459. The highest BCUT2D eigenvalue weighted by atomic mass is 16.2. The van der Waals surface area contributed by atoms with Crippen LogP contribution in [0.5, 0.6) is 0 Å².